The Bertz CT molecular complexity index is 2730. The van der Waals surface area contributed by atoms with Crippen LogP contribution in [0.25, 0.3) is 11.1 Å². The van der Waals surface area contributed by atoms with E-state index in [1.165, 1.54) is 67.2 Å². The number of hydrogen-bond acceptors (Lipinski definition) is 11. The summed E-state index contributed by atoms with van der Waals surface area (Å²) in [6.45, 7) is 9.32. The number of unbranched alkanes of at least 4 members (excludes halogenated alkanes) is 13. The number of amides is 4. The van der Waals surface area contributed by atoms with Crippen molar-refractivity contribution in [1.82, 2.24) is 21.3 Å². The number of halogens is 1. The molecule has 0 radical (unpaired) electrons. The standard InChI is InChI=1S/C71H95ClN4O11/c1-70(2,3)86-66(78)43-23-15-13-11-9-7-5-4-6-8-10-12-14-22-42-65(77)76-64(67(79)87-71(55-32-18-16-19-33-55,56-34-20-17-21-35-56)62-40-28-29-41-63(62)72)44-47-74-68(80)73-45-30-48-82-50-52-84-53-51-83-49-31-46-75-69(81)85-54-61-59-38-26-24-36-57(59)58-37-25-27-39-60(58)61/h16-21,24-29,32-41,61,64H,4-15,22-23,30-31,42-54H2,1-3H3,(H,75,81)(H,76,77)(H2,73,74,80)/t64-/m0/s1. The molecular weight excluding hydrogens is 1120 g/mol. The molecule has 4 N–H and O–H groups in total. The van der Waals surface area contributed by atoms with Gasteiger partial charge < -0.3 is 49.7 Å². The zero-order valence-corrected chi connectivity index (χ0v) is 52.5. The minimum absolute atomic E-state index is 0.0141. The van der Waals surface area contributed by atoms with Crippen LogP contribution in [-0.2, 0) is 48.4 Å². The van der Waals surface area contributed by atoms with Gasteiger partial charge in [-0.25, -0.2) is 14.4 Å². The predicted octanol–water partition coefficient (Wildman–Crippen LogP) is 14.3. The van der Waals surface area contributed by atoms with Crippen molar-refractivity contribution >= 4 is 41.6 Å². The molecule has 16 heteroatoms. The van der Waals surface area contributed by atoms with Gasteiger partial charge in [0, 0.05) is 73.3 Å². The fourth-order valence-corrected chi connectivity index (χ4v) is 11.1. The monoisotopic (exact) mass is 1210 g/mol. The number of carbonyl (C=O) groups is 5. The summed E-state index contributed by atoms with van der Waals surface area (Å²) in [7, 11) is 0. The van der Waals surface area contributed by atoms with Gasteiger partial charge in [-0.3, -0.25) is 9.59 Å². The molecule has 87 heavy (non-hydrogen) atoms. The van der Waals surface area contributed by atoms with Crippen molar-refractivity contribution in [2.24, 2.45) is 0 Å². The fraction of sp³-hybridized carbons (Fsp3) is 0.507. The molecule has 1 atom stereocenters. The number of urea groups is 1. The van der Waals surface area contributed by atoms with Gasteiger partial charge in [0.05, 0.1) is 26.4 Å². The minimum atomic E-state index is -1.47. The average Bonchev–Trinajstić information content (AvgIpc) is 2.18. The first-order valence-electron chi connectivity index (χ1n) is 31.8. The summed E-state index contributed by atoms with van der Waals surface area (Å²) in [5, 5.41) is 11.9. The van der Waals surface area contributed by atoms with Gasteiger partial charge in [0.25, 0.3) is 0 Å². The highest BCUT2D eigenvalue weighted by Gasteiger charge is 2.43. The van der Waals surface area contributed by atoms with Crippen LogP contribution >= 0.6 is 11.6 Å². The third kappa shape index (κ3) is 24.7. The van der Waals surface area contributed by atoms with Crippen molar-refractivity contribution in [1.29, 1.82) is 0 Å². The molecule has 6 rings (SSSR count). The highest BCUT2D eigenvalue weighted by molar-refractivity contribution is 6.31. The number of esters is 2. The predicted molar refractivity (Wildman–Crippen MR) is 343 cm³/mol. The van der Waals surface area contributed by atoms with E-state index in [0.717, 1.165) is 38.5 Å². The lowest BCUT2D eigenvalue weighted by Gasteiger charge is -2.37. The smallest absolute Gasteiger partial charge is 0.407 e. The van der Waals surface area contributed by atoms with E-state index in [9.17, 15) is 24.0 Å². The quantitative estimate of drug-likeness (QED) is 0.0126. The Kier molecular flexibility index (Phi) is 31.2. The minimum Gasteiger partial charge on any atom is -0.460 e. The summed E-state index contributed by atoms with van der Waals surface area (Å²) >= 11 is 6.95. The Labute approximate surface area is 522 Å². The molecule has 0 fully saturated rings. The molecule has 0 aromatic heterocycles. The van der Waals surface area contributed by atoms with Crippen molar-refractivity contribution < 1.29 is 52.4 Å². The molecule has 0 saturated heterocycles. The maximum absolute atomic E-state index is 14.7. The van der Waals surface area contributed by atoms with Gasteiger partial charge in [-0.15, -0.1) is 0 Å². The summed E-state index contributed by atoms with van der Waals surface area (Å²) in [4.78, 5) is 65.7. The Balaban J connectivity index is 0.844. The van der Waals surface area contributed by atoms with Gasteiger partial charge in [0.2, 0.25) is 5.91 Å². The van der Waals surface area contributed by atoms with Crippen LogP contribution in [0.5, 0.6) is 0 Å². The SMILES string of the molecule is CC(C)(C)OC(=O)CCCCCCCCCCCCCCCCC(=O)N[C@@H](CCNC(=O)NCCCOCCOCCOCCCNC(=O)OCC1c2ccccc2-c2ccccc21)C(=O)OC(c1ccccc1)(c1ccccc1)c1ccccc1Cl. The van der Waals surface area contributed by atoms with Gasteiger partial charge in [-0.1, -0.05) is 216 Å². The number of fused-ring (bicyclic) bond motifs is 3. The Morgan fingerprint density at radius 1 is 0.483 bits per heavy atom. The van der Waals surface area contributed by atoms with Crippen LogP contribution in [0.3, 0.4) is 0 Å². The van der Waals surface area contributed by atoms with Crippen LogP contribution in [0.2, 0.25) is 5.02 Å². The molecule has 0 saturated carbocycles. The van der Waals surface area contributed by atoms with Crippen molar-refractivity contribution in [3.63, 3.8) is 0 Å². The summed E-state index contributed by atoms with van der Waals surface area (Å²) in [6, 6.07) is 41.1. The number of ether oxygens (including phenoxy) is 6. The molecular formula is C71H95ClN4O11. The topological polar surface area (TPSA) is 189 Å². The summed E-state index contributed by atoms with van der Waals surface area (Å²) < 4.78 is 34.7. The van der Waals surface area contributed by atoms with E-state index in [-0.39, 0.29) is 43.8 Å². The van der Waals surface area contributed by atoms with E-state index < -0.39 is 35.3 Å². The summed E-state index contributed by atoms with van der Waals surface area (Å²) in [5.74, 6) is -1.02. The first-order chi connectivity index (χ1) is 42.4. The number of benzene rings is 5. The second kappa shape index (κ2) is 39.2. The van der Waals surface area contributed by atoms with Gasteiger partial charge in [-0.05, 0) is 81.2 Å². The van der Waals surface area contributed by atoms with E-state index in [1.807, 2.05) is 124 Å². The van der Waals surface area contributed by atoms with Gasteiger partial charge in [0.15, 0.2) is 5.60 Å². The Morgan fingerprint density at radius 3 is 1.46 bits per heavy atom. The van der Waals surface area contributed by atoms with Crippen LogP contribution < -0.4 is 21.3 Å². The molecule has 5 aromatic rings. The summed E-state index contributed by atoms with van der Waals surface area (Å²) in [5.41, 5.74) is 4.74. The van der Waals surface area contributed by atoms with E-state index in [1.54, 1.807) is 6.07 Å². The fourth-order valence-electron chi connectivity index (χ4n) is 10.9. The van der Waals surface area contributed by atoms with E-state index in [2.05, 4.69) is 45.5 Å². The highest BCUT2D eigenvalue weighted by Crippen LogP contribution is 2.45. The Morgan fingerprint density at radius 2 is 0.931 bits per heavy atom. The molecule has 4 amide bonds. The third-order valence-electron chi connectivity index (χ3n) is 15.2. The van der Waals surface area contributed by atoms with Crippen molar-refractivity contribution in [3.05, 3.63) is 166 Å². The van der Waals surface area contributed by atoms with Crippen molar-refractivity contribution in [2.45, 2.75) is 166 Å². The molecule has 15 nitrogen and oxygen atoms in total. The van der Waals surface area contributed by atoms with Gasteiger partial charge in [-0.2, -0.15) is 0 Å². The van der Waals surface area contributed by atoms with Crippen molar-refractivity contribution in [3.8, 4) is 11.1 Å². The second-order valence-electron chi connectivity index (χ2n) is 23.2. The average molecular weight is 1220 g/mol. The molecule has 472 valence electrons. The first kappa shape index (κ1) is 69.3. The van der Waals surface area contributed by atoms with E-state index in [4.69, 9.17) is 40.0 Å². The zero-order valence-electron chi connectivity index (χ0n) is 51.7. The number of nitrogens with one attached hydrogen (secondary N) is 4. The van der Waals surface area contributed by atoms with Crippen molar-refractivity contribution in [2.75, 3.05) is 65.9 Å². The molecule has 0 spiro atoms. The largest absolute Gasteiger partial charge is 0.460 e. The lowest BCUT2D eigenvalue weighted by atomic mass is 9.80. The normalized spacial score (nSPS) is 12.4. The molecule has 0 aliphatic heterocycles. The number of rotatable bonds is 42. The second-order valence-corrected chi connectivity index (χ2v) is 23.6. The maximum Gasteiger partial charge on any atom is 0.407 e. The number of hydrogen-bond donors (Lipinski definition) is 4. The van der Waals surface area contributed by atoms with E-state index in [0.29, 0.717) is 100 Å². The molecule has 0 bridgehead atoms. The van der Waals surface area contributed by atoms with Crippen LogP contribution in [0, 0.1) is 0 Å². The molecule has 0 heterocycles. The van der Waals surface area contributed by atoms with Gasteiger partial charge >= 0.3 is 24.1 Å². The lowest BCUT2D eigenvalue weighted by Crippen LogP contribution is -2.48. The molecule has 1 aliphatic rings. The van der Waals surface area contributed by atoms with Crippen LogP contribution in [0.4, 0.5) is 9.59 Å². The van der Waals surface area contributed by atoms with Crippen LogP contribution in [0.1, 0.15) is 177 Å². The van der Waals surface area contributed by atoms with Crippen LogP contribution in [0.15, 0.2) is 133 Å². The molecule has 0 unspecified atom stereocenters. The highest BCUT2D eigenvalue weighted by atomic mass is 35.5. The summed E-state index contributed by atoms with van der Waals surface area (Å²) in [6.07, 6.45) is 17.0. The third-order valence-corrected chi connectivity index (χ3v) is 15.6. The Hall–Kier alpha value is -6.78. The van der Waals surface area contributed by atoms with Gasteiger partial charge in [0.1, 0.15) is 18.2 Å². The van der Waals surface area contributed by atoms with E-state index >= 15 is 0 Å². The first-order valence-corrected chi connectivity index (χ1v) is 32.2. The van der Waals surface area contributed by atoms with Crippen LogP contribution in [-0.4, -0.2) is 107 Å². The number of alkyl carbamates (subject to hydrolysis) is 1. The molecule has 5 aromatic carbocycles. The lowest BCUT2D eigenvalue weighted by molar-refractivity contribution is -0.157. The molecule has 1 aliphatic carbocycles. The zero-order chi connectivity index (χ0) is 61.8. The maximum atomic E-state index is 14.7. The number of carbonyl (C=O) groups excluding carboxylic acids is 5.